The van der Waals surface area contributed by atoms with Gasteiger partial charge in [-0.3, -0.25) is 14.9 Å². The molecule has 114 valence electrons. The van der Waals surface area contributed by atoms with Crippen molar-refractivity contribution in [3.63, 3.8) is 0 Å². The second-order valence-corrected chi connectivity index (χ2v) is 5.24. The quantitative estimate of drug-likeness (QED) is 0.616. The zero-order chi connectivity index (χ0) is 15.4. The van der Waals surface area contributed by atoms with Gasteiger partial charge in [0.05, 0.1) is 11.5 Å². The van der Waals surface area contributed by atoms with Crippen molar-refractivity contribution in [1.82, 2.24) is 0 Å². The number of carbonyl (C=O) groups excluding carboxylic acids is 1. The molecule has 1 aromatic rings. The van der Waals surface area contributed by atoms with Crippen molar-refractivity contribution >= 4 is 17.2 Å². The molecule has 1 atom stereocenters. The van der Waals surface area contributed by atoms with Crippen LogP contribution in [0.25, 0.3) is 0 Å². The van der Waals surface area contributed by atoms with Crippen molar-refractivity contribution < 1.29 is 14.5 Å². The lowest BCUT2D eigenvalue weighted by Gasteiger charge is -2.33. The van der Waals surface area contributed by atoms with E-state index in [1.807, 2.05) is 0 Å². The maximum Gasteiger partial charge on any atom is 0.311 e. The molecule has 2 rings (SSSR count). The highest BCUT2D eigenvalue weighted by molar-refractivity contribution is 5.79. The van der Waals surface area contributed by atoms with Gasteiger partial charge in [0.25, 0.3) is 0 Å². The van der Waals surface area contributed by atoms with E-state index in [0.717, 1.165) is 25.1 Å². The molecule has 6 nitrogen and oxygen atoms in total. The number of nitro groups is 1. The standard InChI is InChI=1S/C15H20N2O4/c1-3-21-15-9-13(6-7-14(15)17(19)20)16-8-4-5-12(10-16)11(2)18/h6-7,9,12H,3-5,8,10H2,1-2H3. The van der Waals surface area contributed by atoms with Crippen LogP contribution >= 0.6 is 0 Å². The van der Waals surface area contributed by atoms with Gasteiger partial charge in [-0.15, -0.1) is 0 Å². The molecular weight excluding hydrogens is 272 g/mol. The summed E-state index contributed by atoms with van der Waals surface area (Å²) >= 11 is 0. The molecule has 1 aliphatic heterocycles. The van der Waals surface area contributed by atoms with Crippen LogP contribution in [0.2, 0.25) is 0 Å². The minimum Gasteiger partial charge on any atom is -0.487 e. The molecule has 1 unspecified atom stereocenters. The van der Waals surface area contributed by atoms with E-state index in [0.29, 0.717) is 13.2 Å². The molecule has 1 aromatic carbocycles. The largest absolute Gasteiger partial charge is 0.487 e. The number of ketones is 1. The van der Waals surface area contributed by atoms with Gasteiger partial charge in [-0.2, -0.15) is 0 Å². The van der Waals surface area contributed by atoms with E-state index in [-0.39, 0.29) is 23.1 Å². The Hall–Kier alpha value is -2.11. The van der Waals surface area contributed by atoms with Crippen LogP contribution in [0.4, 0.5) is 11.4 Å². The normalized spacial score (nSPS) is 18.4. The SMILES string of the molecule is CCOc1cc(N2CCCC(C(C)=O)C2)ccc1[N+](=O)[O-]. The van der Waals surface area contributed by atoms with E-state index in [1.165, 1.54) is 6.07 Å². The monoisotopic (exact) mass is 292 g/mol. The first-order valence-electron chi connectivity index (χ1n) is 7.19. The Morgan fingerprint density at radius 2 is 2.29 bits per heavy atom. The van der Waals surface area contributed by atoms with Crippen LogP contribution in [0.5, 0.6) is 5.75 Å². The van der Waals surface area contributed by atoms with Crippen LogP contribution in [-0.4, -0.2) is 30.4 Å². The predicted octanol–water partition coefficient (Wildman–Crippen LogP) is 2.80. The molecule has 0 spiro atoms. The molecule has 0 N–H and O–H groups in total. The number of piperidine rings is 1. The summed E-state index contributed by atoms with van der Waals surface area (Å²) in [5.74, 6) is 0.529. The zero-order valence-electron chi connectivity index (χ0n) is 12.4. The van der Waals surface area contributed by atoms with Crippen molar-refractivity contribution in [1.29, 1.82) is 0 Å². The van der Waals surface area contributed by atoms with Gasteiger partial charge >= 0.3 is 5.69 Å². The highest BCUT2D eigenvalue weighted by atomic mass is 16.6. The Labute approximate surface area is 123 Å². The third kappa shape index (κ3) is 3.51. The minimum absolute atomic E-state index is 0.0271. The van der Waals surface area contributed by atoms with Gasteiger partial charge in [-0.25, -0.2) is 0 Å². The first kappa shape index (κ1) is 15.3. The average molecular weight is 292 g/mol. The number of benzene rings is 1. The third-order valence-corrected chi connectivity index (χ3v) is 3.80. The maximum atomic E-state index is 11.5. The molecule has 0 radical (unpaired) electrons. The van der Waals surface area contributed by atoms with Gasteiger partial charge in [0.1, 0.15) is 5.78 Å². The van der Waals surface area contributed by atoms with E-state index in [1.54, 1.807) is 26.0 Å². The Bertz CT molecular complexity index is 544. The summed E-state index contributed by atoms with van der Waals surface area (Å²) in [6.07, 6.45) is 1.86. The molecule has 0 saturated carbocycles. The number of rotatable bonds is 5. The molecule has 0 aliphatic carbocycles. The number of nitro benzene ring substituents is 1. The van der Waals surface area contributed by atoms with Crippen molar-refractivity contribution in [2.45, 2.75) is 26.7 Å². The van der Waals surface area contributed by atoms with E-state index in [9.17, 15) is 14.9 Å². The molecular formula is C15H20N2O4. The summed E-state index contributed by atoms with van der Waals surface area (Å²) in [5, 5.41) is 11.0. The molecule has 21 heavy (non-hydrogen) atoms. The summed E-state index contributed by atoms with van der Waals surface area (Å²) in [7, 11) is 0. The molecule has 1 saturated heterocycles. The third-order valence-electron chi connectivity index (χ3n) is 3.80. The maximum absolute atomic E-state index is 11.5. The van der Waals surface area contributed by atoms with Gasteiger partial charge in [-0.1, -0.05) is 0 Å². The summed E-state index contributed by atoms with van der Waals surface area (Å²) in [6.45, 7) is 5.31. The number of Topliss-reactive ketones (excluding diaryl/α,β-unsaturated/α-hetero) is 1. The van der Waals surface area contributed by atoms with Crippen molar-refractivity contribution in [2.75, 3.05) is 24.6 Å². The number of hydrogen-bond donors (Lipinski definition) is 0. The number of nitrogens with zero attached hydrogens (tertiary/aromatic N) is 2. The van der Waals surface area contributed by atoms with E-state index < -0.39 is 4.92 Å². The van der Waals surface area contributed by atoms with Gasteiger partial charge in [0.15, 0.2) is 5.75 Å². The second-order valence-electron chi connectivity index (χ2n) is 5.24. The molecule has 0 bridgehead atoms. The Balaban J connectivity index is 2.25. The molecule has 1 heterocycles. The summed E-state index contributed by atoms with van der Waals surface area (Å²) in [5.41, 5.74) is 0.843. The van der Waals surface area contributed by atoms with Crippen LogP contribution < -0.4 is 9.64 Å². The van der Waals surface area contributed by atoms with Crippen LogP contribution in [0.1, 0.15) is 26.7 Å². The number of hydrogen-bond acceptors (Lipinski definition) is 5. The summed E-state index contributed by atoms with van der Waals surface area (Å²) in [4.78, 5) is 24.2. The fourth-order valence-corrected chi connectivity index (χ4v) is 2.66. The molecule has 0 aromatic heterocycles. The van der Waals surface area contributed by atoms with Gasteiger partial charge < -0.3 is 9.64 Å². The predicted molar refractivity (Wildman–Crippen MR) is 79.9 cm³/mol. The van der Waals surface area contributed by atoms with Crippen molar-refractivity contribution in [3.8, 4) is 5.75 Å². The topological polar surface area (TPSA) is 72.7 Å². The number of anilines is 1. The smallest absolute Gasteiger partial charge is 0.311 e. The Morgan fingerprint density at radius 1 is 1.52 bits per heavy atom. The van der Waals surface area contributed by atoms with Crippen LogP contribution in [0.15, 0.2) is 18.2 Å². The van der Waals surface area contributed by atoms with Gasteiger partial charge in [0.2, 0.25) is 0 Å². The van der Waals surface area contributed by atoms with Crippen LogP contribution in [0.3, 0.4) is 0 Å². The van der Waals surface area contributed by atoms with Crippen LogP contribution in [0, 0.1) is 16.0 Å². The van der Waals surface area contributed by atoms with E-state index in [2.05, 4.69) is 4.90 Å². The van der Waals surface area contributed by atoms with E-state index >= 15 is 0 Å². The minimum atomic E-state index is -0.441. The van der Waals surface area contributed by atoms with Gasteiger partial charge in [-0.05, 0) is 32.8 Å². The molecule has 1 aliphatic rings. The van der Waals surface area contributed by atoms with Crippen molar-refractivity contribution in [3.05, 3.63) is 28.3 Å². The molecule has 0 amide bonds. The fourth-order valence-electron chi connectivity index (χ4n) is 2.66. The van der Waals surface area contributed by atoms with Gasteiger partial charge in [0, 0.05) is 36.8 Å². The first-order chi connectivity index (χ1) is 10.0. The highest BCUT2D eigenvalue weighted by Gasteiger charge is 2.25. The lowest BCUT2D eigenvalue weighted by atomic mass is 9.94. The summed E-state index contributed by atoms with van der Waals surface area (Å²) in [6, 6.07) is 4.89. The Morgan fingerprint density at radius 3 is 2.90 bits per heavy atom. The zero-order valence-corrected chi connectivity index (χ0v) is 12.4. The lowest BCUT2D eigenvalue weighted by Crippen LogP contribution is -2.38. The Kier molecular flexibility index (Phi) is 4.77. The average Bonchev–Trinajstić information content (AvgIpc) is 2.47. The molecule has 6 heteroatoms. The highest BCUT2D eigenvalue weighted by Crippen LogP contribution is 2.33. The second kappa shape index (κ2) is 6.56. The first-order valence-corrected chi connectivity index (χ1v) is 7.19. The molecule has 1 fully saturated rings. The number of ether oxygens (including phenoxy) is 1. The summed E-state index contributed by atoms with van der Waals surface area (Å²) < 4.78 is 5.37. The fraction of sp³-hybridized carbons (Fsp3) is 0.533. The number of carbonyl (C=O) groups is 1. The lowest BCUT2D eigenvalue weighted by molar-refractivity contribution is -0.385. The van der Waals surface area contributed by atoms with Crippen molar-refractivity contribution in [2.24, 2.45) is 5.92 Å². The van der Waals surface area contributed by atoms with Crippen LogP contribution in [-0.2, 0) is 4.79 Å². The van der Waals surface area contributed by atoms with E-state index in [4.69, 9.17) is 4.74 Å².